The highest BCUT2D eigenvalue weighted by Gasteiger charge is 2.22. The summed E-state index contributed by atoms with van der Waals surface area (Å²) in [5, 5.41) is 11.6. The van der Waals surface area contributed by atoms with Gasteiger partial charge >= 0.3 is 0 Å². The van der Waals surface area contributed by atoms with Crippen molar-refractivity contribution in [3.05, 3.63) is 64.8 Å². The molecule has 1 aliphatic carbocycles. The van der Waals surface area contributed by atoms with E-state index >= 15 is 0 Å². The first kappa shape index (κ1) is 17.7. The number of rotatable bonds is 2. The molecule has 0 radical (unpaired) electrons. The number of nitrogens with zero attached hydrogens (tertiary/aromatic N) is 2. The van der Waals surface area contributed by atoms with Crippen LogP contribution in [0, 0.1) is 25.2 Å². The number of hydrogen-bond donors (Lipinski definition) is 0. The molecule has 1 saturated carbocycles. The first-order chi connectivity index (χ1) is 13.1. The first-order valence-corrected chi connectivity index (χ1v) is 10.0. The Morgan fingerprint density at radius 1 is 1.00 bits per heavy atom. The van der Waals surface area contributed by atoms with Gasteiger partial charge in [0.25, 0.3) is 0 Å². The van der Waals surface area contributed by atoms with Crippen LogP contribution in [0.2, 0.25) is 0 Å². The van der Waals surface area contributed by atoms with Crippen LogP contribution in [0.3, 0.4) is 0 Å². The van der Waals surface area contributed by atoms with Gasteiger partial charge in [0.15, 0.2) is 6.20 Å². The molecule has 27 heavy (non-hydrogen) atoms. The van der Waals surface area contributed by atoms with Crippen molar-refractivity contribution in [1.29, 1.82) is 5.26 Å². The van der Waals surface area contributed by atoms with Gasteiger partial charge in [-0.05, 0) is 78.9 Å². The number of fused-ring (bicyclic) bond motifs is 1. The smallest absolute Gasteiger partial charge is 0.200 e. The Hall–Kier alpha value is -2.66. The van der Waals surface area contributed by atoms with Gasteiger partial charge in [0, 0.05) is 6.07 Å². The molecule has 4 rings (SSSR count). The number of aryl methyl sites for hydroxylation is 2. The van der Waals surface area contributed by atoms with Gasteiger partial charge in [-0.2, -0.15) is 5.26 Å². The van der Waals surface area contributed by atoms with Gasteiger partial charge in [-0.1, -0.05) is 25.3 Å². The Morgan fingerprint density at radius 2 is 1.78 bits per heavy atom. The van der Waals surface area contributed by atoms with Crippen molar-refractivity contribution in [1.82, 2.24) is 0 Å². The molecule has 136 valence electrons. The lowest BCUT2D eigenvalue weighted by Crippen LogP contribution is -2.31. The molecule has 0 amide bonds. The third kappa shape index (κ3) is 3.23. The first-order valence-electron chi connectivity index (χ1n) is 10.0. The fraction of sp³-hybridized carbons (Fsp3) is 0.360. The highest BCUT2D eigenvalue weighted by molar-refractivity contribution is 5.94. The fourth-order valence-electron chi connectivity index (χ4n) is 4.58. The fourth-order valence-corrected chi connectivity index (χ4v) is 4.58. The van der Waals surface area contributed by atoms with Gasteiger partial charge in [-0.15, -0.1) is 0 Å². The summed E-state index contributed by atoms with van der Waals surface area (Å²) in [7, 11) is 2.12. The molecule has 0 unspecified atom stereocenters. The van der Waals surface area contributed by atoms with Crippen LogP contribution in [0.4, 0.5) is 0 Å². The largest absolute Gasteiger partial charge is 0.220 e. The van der Waals surface area contributed by atoms with Crippen LogP contribution in [0.25, 0.3) is 22.0 Å². The van der Waals surface area contributed by atoms with E-state index in [-0.39, 0.29) is 0 Å². The van der Waals surface area contributed by atoms with Gasteiger partial charge in [0.1, 0.15) is 7.05 Å². The molecular formula is C25H27N2+. The minimum atomic E-state index is 0.697. The maximum absolute atomic E-state index is 9.24. The third-order valence-electron chi connectivity index (χ3n) is 6.29. The molecule has 0 N–H and O–H groups in total. The standard InChI is InChI=1S/C25H27N2/c1-17-13-22(20-7-5-4-6-8-20)15-24(18(17)2)25-23-10-9-19(16-26)14-21(23)11-12-27(25)3/h9-15,20H,4-8H2,1-3H3/q+1. The van der Waals surface area contributed by atoms with Crippen LogP contribution in [-0.4, -0.2) is 0 Å². The van der Waals surface area contributed by atoms with E-state index in [1.807, 2.05) is 12.1 Å². The molecule has 0 atom stereocenters. The van der Waals surface area contributed by atoms with Crippen molar-refractivity contribution in [3.63, 3.8) is 0 Å². The number of benzene rings is 2. The molecule has 2 heteroatoms. The van der Waals surface area contributed by atoms with E-state index < -0.39 is 0 Å². The van der Waals surface area contributed by atoms with Gasteiger partial charge < -0.3 is 0 Å². The lowest BCUT2D eigenvalue weighted by Gasteiger charge is -2.23. The van der Waals surface area contributed by atoms with E-state index in [1.54, 1.807) is 0 Å². The molecule has 0 aliphatic heterocycles. The van der Waals surface area contributed by atoms with E-state index in [0.717, 1.165) is 5.39 Å². The number of hydrogen-bond acceptors (Lipinski definition) is 1. The van der Waals surface area contributed by atoms with Gasteiger partial charge in [0.05, 0.1) is 22.6 Å². The summed E-state index contributed by atoms with van der Waals surface area (Å²) in [6.45, 7) is 4.47. The molecule has 2 nitrogen and oxygen atoms in total. The molecular weight excluding hydrogens is 328 g/mol. The van der Waals surface area contributed by atoms with Crippen molar-refractivity contribution in [2.75, 3.05) is 0 Å². The Balaban J connectivity index is 1.94. The second-order valence-electron chi connectivity index (χ2n) is 8.03. The normalized spacial score (nSPS) is 15.0. The Labute approximate surface area is 162 Å². The number of pyridine rings is 1. The molecule has 1 heterocycles. The summed E-state index contributed by atoms with van der Waals surface area (Å²) in [5.41, 5.74) is 7.51. The van der Waals surface area contributed by atoms with Crippen LogP contribution >= 0.6 is 0 Å². The van der Waals surface area contributed by atoms with Crippen LogP contribution in [-0.2, 0) is 7.05 Å². The number of aromatic nitrogens is 1. The van der Waals surface area contributed by atoms with Crippen molar-refractivity contribution in [3.8, 4) is 17.3 Å². The SMILES string of the molecule is Cc1cc(C2CCCCC2)cc(-c2c3ccc(C#N)cc3cc[n+]2C)c1C. The van der Waals surface area contributed by atoms with Crippen LogP contribution < -0.4 is 4.57 Å². The molecule has 2 aromatic carbocycles. The minimum absolute atomic E-state index is 0.697. The number of nitriles is 1. The summed E-state index contributed by atoms with van der Waals surface area (Å²) >= 11 is 0. The van der Waals surface area contributed by atoms with Crippen molar-refractivity contribution in [2.24, 2.45) is 7.05 Å². The Morgan fingerprint density at radius 3 is 2.52 bits per heavy atom. The molecule has 0 bridgehead atoms. The zero-order valence-corrected chi connectivity index (χ0v) is 16.5. The van der Waals surface area contributed by atoms with Crippen LogP contribution in [0.15, 0.2) is 42.6 Å². The van der Waals surface area contributed by atoms with Crippen LogP contribution in [0.1, 0.15) is 60.3 Å². The van der Waals surface area contributed by atoms with Gasteiger partial charge in [-0.3, -0.25) is 0 Å². The summed E-state index contributed by atoms with van der Waals surface area (Å²) in [6, 6.07) is 15.2. The van der Waals surface area contributed by atoms with E-state index in [0.29, 0.717) is 11.5 Å². The quantitative estimate of drug-likeness (QED) is 0.528. The molecule has 0 saturated heterocycles. The van der Waals surface area contributed by atoms with E-state index in [1.165, 1.54) is 65.4 Å². The Kier molecular flexibility index (Phi) is 4.70. The molecule has 1 aliphatic rings. The highest BCUT2D eigenvalue weighted by Crippen LogP contribution is 2.37. The summed E-state index contributed by atoms with van der Waals surface area (Å²) in [6.07, 6.45) is 8.83. The van der Waals surface area contributed by atoms with Crippen molar-refractivity contribution < 1.29 is 4.57 Å². The van der Waals surface area contributed by atoms with E-state index in [4.69, 9.17) is 0 Å². The molecule has 1 aromatic heterocycles. The Bertz CT molecular complexity index is 1050. The average Bonchev–Trinajstić information content (AvgIpc) is 2.70. The molecule has 3 aromatic rings. The third-order valence-corrected chi connectivity index (χ3v) is 6.29. The zero-order valence-electron chi connectivity index (χ0n) is 16.5. The van der Waals surface area contributed by atoms with E-state index in [2.05, 4.69) is 62.0 Å². The maximum Gasteiger partial charge on any atom is 0.220 e. The highest BCUT2D eigenvalue weighted by atomic mass is 14.9. The second kappa shape index (κ2) is 7.16. The second-order valence-corrected chi connectivity index (χ2v) is 8.03. The van der Waals surface area contributed by atoms with Crippen LogP contribution in [0.5, 0.6) is 0 Å². The summed E-state index contributed by atoms with van der Waals surface area (Å²) in [4.78, 5) is 0. The van der Waals surface area contributed by atoms with Crippen molar-refractivity contribution >= 4 is 10.8 Å². The molecule has 1 fully saturated rings. The summed E-state index contributed by atoms with van der Waals surface area (Å²) in [5.74, 6) is 0.697. The maximum atomic E-state index is 9.24. The van der Waals surface area contributed by atoms with Gasteiger partial charge in [-0.25, -0.2) is 4.57 Å². The van der Waals surface area contributed by atoms with E-state index in [9.17, 15) is 5.26 Å². The monoisotopic (exact) mass is 355 g/mol. The lowest BCUT2D eigenvalue weighted by atomic mass is 9.81. The lowest BCUT2D eigenvalue weighted by molar-refractivity contribution is -0.659. The predicted molar refractivity (Wildman–Crippen MR) is 111 cm³/mol. The zero-order chi connectivity index (χ0) is 19.0. The summed E-state index contributed by atoms with van der Waals surface area (Å²) < 4.78 is 2.22. The average molecular weight is 356 g/mol. The predicted octanol–water partition coefficient (Wildman–Crippen LogP) is 5.87. The molecule has 0 spiro atoms. The topological polar surface area (TPSA) is 27.7 Å². The van der Waals surface area contributed by atoms with Crippen molar-refractivity contribution in [2.45, 2.75) is 51.9 Å². The minimum Gasteiger partial charge on any atom is -0.200 e. The van der Waals surface area contributed by atoms with Gasteiger partial charge in [0.2, 0.25) is 5.69 Å².